The lowest BCUT2D eigenvalue weighted by molar-refractivity contribution is -0.0512. The van der Waals surface area contributed by atoms with Crippen LogP contribution in [0.3, 0.4) is 0 Å². The van der Waals surface area contributed by atoms with Crippen molar-refractivity contribution in [2.24, 2.45) is 0 Å². The monoisotopic (exact) mass is 447 g/mol. The summed E-state index contributed by atoms with van der Waals surface area (Å²) in [4.78, 5) is 17.2. The molecule has 1 heterocycles. The third-order valence-corrected chi connectivity index (χ3v) is 5.57. The topological polar surface area (TPSA) is 54.0 Å². The van der Waals surface area contributed by atoms with Gasteiger partial charge < -0.3 is 19.7 Å². The summed E-state index contributed by atoms with van der Waals surface area (Å²) in [6, 6.07) is 12.8. The fourth-order valence-corrected chi connectivity index (χ4v) is 3.82. The highest BCUT2D eigenvalue weighted by molar-refractivity contribution is 5.94. The second-order valence-corrected chi connectivity index (χ2v) is 7.87. The number of piperazine rings is 1. The zero-order chi connectivity index (χ0) is 22.9. The van der Waals surface area contributed by atoms with E-state index < -0.39 is 6.61 Å². The number of aryl methyl sites for hydroxylation is 1. The molecule has 3 rings (SSSR count). The fraction of sp³-hybridized carbons (Fsp3) is 0.458. The van der Waals surface area contributed by atoms with Crippen molar-refractivity contribution in [1.29, 1.82) is 0 Å². The summed E-state index contributed by atoms with van der Waals surface area (Å²) in [5.41, 5.74) is 2.91. The Kier molecular flexibility index (Phi) is 8.67. The molecule has 1 N–H and O–H groups in total. The van der Waals surface area contributed by atoms with Crippen LogP contribution in [0, 0.1) is 6.92 Å². The predicted octanol–water partition coefficient (Wildman–Crippen LogP) is 3.94. The van der Waals surface area contributed by atoms with E-state index in [4.69, 9.17) is 4.74 Å². The van der Waals surface area contributed by atoms with E-state index in [1.165, 1.54) is 36.6 Å². The average Bonchev–Trinajstić information content (AvgIpc) is 2.79. The minimum absolute atomic E-state index is 0.0958. The van der Waals surface area contributed by atoms with Crippen LogP contribution in [0.4, 0.5) is 14.5 Å². The molecule has 1 aliphatic rings. The smallest absolute Gasteiger partial charge is 0.387 e. The van der Waals surface area contributed by atoms with E-state index in [1.807, 2.05) is 0 Å². The second-order valence-electron chi connectivity index (χ2n) is 7.87. The van der Waals surface area contributed by atoms with Gasteiger partial charge in [-0.15, -0.1) is 0 Å². The normalized spacial score (nSPS) is 14.5. The first-order chi connectivity index (χ1) is 15.5. The number of carbonyl (C=O) groups excluding carboxylic acids is 1. The Labute approximate surface area is 188 Å². The van der Waals surface area contributed by atoms with E-state index in [0.717, 1.165) is 45.6 Å². The number of rotatable bonds is 10. The number of nitrogens with one attached hydrogen (secondary N) is 1. The third kappa shape index (κ3) is 6.82. The number of nitrogens with zero attached hydrogens (tertiary/aromatic N) is 2. The Bertz CT molecular complexity index is 887. The highest BCUT2D eigenvalue weighted by Gasteiger charge is 2.17. The average molecular weight is 448 g/mol. The first kappa shape index (κ1) is 23.8. The summed E-state index contributed by atoms with van der Waals surface area (Å²) in [7, 11) is 1.34. The van der Waals surface area contributed by atoms with Crippen LogP contribution in [0.2, 0.25) is 0 Å². The van der Waals surface area contributed by atoms with Gasteiger partial charge in [-0.1, -0.05) is 12.1 Å². The quantitative estimate of drug-likeness (QED) is 0.560. The van der Waals surface area contributed by atoms with E-state index >= 15 is 0 Å². The molecule has 0 bridgehead atoms. The summed E-state index contributed by atoms with van der Waals surface area (Å²) >= 11 is 0. The lowest BCUT2D eigenvalue weighted by Crippen LogP contribution is -2.46. The second kappa shape index (κ2) is 11.7. The number of benzene rings is 2. The lowest BCUT2D eigenvalue weighted by atomic mass is 10.1. The molecule has 0 spiro atoms. The van der Waals surface area contributed by atoms with Gasteiger partial charge in [0.15, 0.2) is 11.5 Å². The van der Waals surface area contributed by atoms with Gasteiger partial charge in [-0.3, -0.25) is 9.69 Å². The van der Waals surface area contributed by atoms with Crippen molar-refractivity contribution < 1.29 is 23.0 Å². The van der Waals surface area contributed by atoms with Crippen molar-refractivity contribution in [2.75, 3.05) is 51.3 Å². The number of carbonyl (C=O) groups is 1. The minimum atomic E-state index is -2.95. The van der Waals surface area contributed by atoms with Gasteiger partial charge in [0.25, 0.3) is 5.91 Å². The summed E-state index contributed by atoms with van der Waals surface area (Å²) in [5.74, 6) is -0.261. The molecule has 1 saturated heterocycles. The van der Waals surface area contributed by atoms with Gasteiger partial charge in [-0.2, -0.15) is 8.78 Å². The maximum atomic E-state index is 12.4. The Hall–Kier alpha value is -2.87. The number of halogens is 2. The molecular weight excluding hydrogens is 416 g/mol. The first-order valence-electron chi connectivity index (χ1n) is 10.9. The van der Waals surface area contributed by atoms with Crippen LogP contribution < -0.4 is 19.7 Å². The maximum Gasteiger partial charge on any atom is 0.387 e. The van der Waals surface area contributed by atoms with E-state index in [-0.39, 0.29) is 17.4 Å². The molecule has 0 saturated carbocycles. The van der Waals surface area contributed by atoms with Gasteiger partial charge in [-0.25, -0.2) is 0 Å². The van der Waals surface area contributed by atoms with Crippen LogP contribution in [-0.2, 0) is 0 Å². The van der Waals surface area contributed by atoms with Gasteiger partial charge in [0.1, 0.15) is 0 Å². The molecule has 2 aromatic carbocycles. The van der Waals surface area contributed by atoms with E-state index in [9.17, 15) is 13.6 Å². The number of unbranched alkanes of at least 4 members (excludes halogenated alkanes) is 1. The number of ether oxygens (including phenoxy) is 2. The van der Waals surface area contributed by atoms with Gasteiger partial charge in [-0.05, 0) is 62.2 Å². The molecule has 2 aromatic rings. The molecule has 1 amide bonds. The number of alkyl halides is 2. The molecule has 6 nitrogen and oxygen atoms in total. The first-order valence-corrected chi connectivity index (χ1v) is 10.9. The Morgan fingerprint density at radius 2 is 1.84 bits per heavy atom. The Morgan fingerprint density at radius 1 is 1.06 bits per heavy atom. The highest BCUT2D eigenvalue weighted by atomic mass is 19.3. The van der Waals surface area contributed by atoms with Crippen LogP contribution >= 0.6 is 0 Å². The van der Waals surface area contributed by atoms with Crippen molar-refractivity contribution in [2.45, 2.75) is 26.4 Å². The zero-order valence-electron chi connectivity index (χ0n) is 18.7. The number of hydrogen-bond acceptors (Lipinski definition) is 5. The molecule has 0 unspecified atom stereocenters. The Morgan fingerprint density at radius 3 is 2.53 bits per heavy atom. The zero-order valence-corrected chi connectivity index (χ0v) is 18.7. The number of hydrogen-bond donors (Lipinski definition) is 1. The van der Waals surface area contributed by atoms with E-state index in [1.54, 1.807) is 0 Å². The van der Waals surface area contributed by atoms with Gasteiger partial charge in [0.2, 0.25) is 0 Å². The van der Waals surface area contributed by atoms with Crippen LogP contribution in [0.25, 0.3) is 0 Å². The molecule has 174 valence electrons. The summed E-state index contributed by atoms with van der Waals surface area (Å²) in [6.07, 6.45) is 1.86. The molecule has 0 radical (unpaired) electrons. The standard InChI is InChI=1S/C24H31F2N3O3/c1-18-6-5-7-20(16-18)29-14-12-28(13-15-29)11-4-3-10-27-23(30)19-8-9-21(32-24(25)26)22(17-19)31-2/h5-9,16-17,24H,3-4,10-15H2,1-2H3,(H,27,30). The van der Waals surface area contributed by atoms with E-state index in [0.29, 0.717) is 12.1 Å². The highest BCUT2D eigenvalue weighted by Crippen LogP contribution is 2.29. The lowest BCUT2D eigenvalue weighted by Gasteiger charge is -2.36. The summed E-state index contributed by atoms with van der Waals surface area (Å²) in [5, 5.41) is 2.87. The third-order valence-electron chi connectivity index (χ3n) is 5.57. The fourth-order valence-electron chi connectivity index (χ4n) is 3.82. The molecule has 0 atom stereocenters. The van der Waals surface area contributed by atoms with E-state index in [2.05, 4.69) is 51.0 Å². The molecule has 0 aromatic heterocycles. The molecule has 0 aliphatic carbocycles. The molecule has 1 fully saturated rings. The summed E-state index contributed by atoms with van der Waals surface area (Å²) in [6.45, 7) is 4.84. The SMILES string of the molecule is COc1cc(C(=O)NCCCCN2CCN(c3cccc(C)c3)CC2)ccc1OC(F)F. The van der Waals surface area contributed by atoms with Crippen LogP contribution in [0.5, 0.6) is 11.5 Å². The van der Waals surface area contributed by atoms with Crippen molar-refractivity contribution in [3.63, 3.8) is 0 Å². The maximum absolute atomic E-state index is 12.4. The van der Waals surface area contributed by atoms with Crippen molar-refractivity contribution in [1.82, 2.24) is 10.2 Å². The van der Waals surface area contributed by atoms with Crippen molar-refractivity contribution >= 4 is 11.6 Å². The summed E-state index contributed by atoms with van der Waals surface area (Å²) < 4.78 is 34.3. The number of amides is 1. The van der Waals surface area contributed by atoms with Gasteiger partial charge >= 0.3 is 6.61 Å². The number of methoxy groups -OCH3 is 1. The van der Waals surface area contributed by atoms with Gasteiger partial charge in [0.05, 0.1) is 7.11 Å². The molecule has 32 heavy (non-hydrogen) atoms. The van der Waals surface area contributed by atoms with Crippen molar-refractivity contribution in [3.05, 3.63) is 53.6 Å². The number of anilines is 1. The van der Waals surface area contributed by atoms with Crippen LogP contribution in [0.1, 0.15) is 28.8 Å². The van der Waals surface area contributed by atoms with Crippen LogP contribution in [0.15, 0.2) is 42.5 Å². The van der Waals surface area contributed by atoms with Crippen molar-refractivity contribution in [3.8, 4) is 11.5 Å². The Balaban J connectivity index is 1.35. The van der Waals surface area contributed by atoms with Crippen LogP contribution in [-0.4, -0.2) is 63.8 Å². The predicted molar refractivity (Wildman–Crippen MR) is 121 cm³/mol. The molecule has 8 heteroatoms. The molecule has 1 aliphatic heterocycles. The van der Waals surface area contributed by atoms with Gasteiger partial charge in [0, 0.05) is 44.0 Å². The molecular formula is C24H31F2N3O3. The largest absolute Gasteiger partial charge is 0.493 e. The minimum Gasteiger partial charge on any atom is -0.493 e.